The quantitative estimate of drug-likeness (QED) is 0.709. The zero-order valence-corrected chi connectivity index (χ0v) is 8.96. The summed E-state index contributed by atoms with van der Waals surface area (Å²) in [5.74, 6) is 0. The summed E-state index contributed by atoms with van der Waals surface area (Å²) in [6, 6.07) is 0.718. The molecule has 0 aromatic carbocycles. The summed E-state index contributed by atoms with van der Waals surface area (Å²) >= 11 is 2.49. The Morgan fingerprint density at radius 1 is 1.33 bits per heavy atom. The Hall–Kier alpha value is -0.720. The zero-order valence-electron chi connectivity index (χ0n) is 7.37. The van der Waals surface area contributed by atoms with Crippen LogP contribution in [0.3, 0.4) is 0 Å². The molecule has 0 aliphatic heterocycles. The molecule has 1 aromatic rings. The average Bonchev–Trinajstić information content (AvgIpc) is 2.06. The molecule has 1 rings (SSSR count). The number of nitrogens with zero attached hydrogens (tertiary/aromatic N) is 1. The minimum atomic E-state index is -4.67. The van der Waals surface area contributed by atoms with Gasteiger partial charge in [-0.25, -0.2) is 8.78 Å². The lowest BCUT2D eigenvalue weighted by Gasteiger charge is -2.12. The van der Waals surface area contributed by atoms with Crippen LogP contribution < -0.4 is 0 Å². The molecule has 0 spiro atoms. The van der Waals surface area contributed by atoms with Crippen LogP contribution in [0, 0.1) is 6.92 Å². The minimum Gasteiger partial charge on any atom is -0.251 e. The van der Waals surface area contributed by atoms with Gasteiger partial charge in [0.2, 0.25) is 0 Å². The normalized spacial score (nSPS) is 12.3. The molecule has 1 heterocycles. The van der Waals surface area contributed by atoms with Gasteiger partial charge in [-0.05, 0) is 28.9 Å². The molecule has 0 aliphatic rings. The SMILES string of the molecule is Cc1cc(C(F)(F)F)c(Br)c(C(F)F)n1. The first kappa shape index (κ1) is 12.4. The van der Waals surface area contributed by atoms with Gasteiger partial charge in [0.1, 0.15) is 5.69 Å². The first-order valence-corrected chi connectivity index (χ1v) is 4.55. The van der Waals surface area contributed by atoms with Gasteiger partial charge in [0.15, 0.2) is 0 Å². The molecule has 0 N–H and O–H groups in total. The van der Waals surface area contributed by atoms with E-state index in [1.54, 1.807) is 0 Å². The second kappa shape index (κ2) is 4.03. The third-order valence-corrected chi connectivity index (χ3v) is 2.46. The molecule has 7 heteroatoms. The smallest absolute Gasteiger partial charge is 0.251 e. The lowest BCUT2D eigenvalue weighted by molar-refractivity contribution is -0.138. The fraction of sp³-hybridized carbons (Fsp3) is 0.375. The predicted octanol–water partition coefficient (Wildman–Crippen LogP) is 4.11. The fourth-order valence-corrected chi connectivity index (χ4v) is 1.63. The predicted molar refractivity (Wildman–Crippen MR) is 46.6 cm³/mol. The molecule has 1 nitrogen and oxygen atoms in total. The highest BCUT2D eigenvalue weighted by molar-refractivity contribution is 9.10. The van der Waals surface area contributed by atoms with Crippen molar-refractivity contribution in [2.45, 2.75) is 19.5 Å². The number of hydrogen-bond donors (Lipinski definition) is 0. The van der Waals surface area contributed by atoms with Crippen LogP contribution in [0.5, 0.6) is 0 Å². The maximum absolute atomic E-state index is 12.4. The number of halogens is 6. The van der Waals surface area contributed by atoms with Gasteiger partial charge in [0, 0.05) is 5.69 Å². The van der Waals surface area contributed by atoms with E-state index in [-0.39, 0.29) is 5.69 Å². The van der Waals surface area contributed by atoms with Crippen molar-refractivity contribution in [3.63, 3.8) is 0 Å². The molecule has 0 radical (unpaired) electrons. The Balaban J connectivity index is 3.42. The van der Waals surface area contributed by atoms with Gasteiger partial charge in [-0.3, -0.25) is 4.98 Å². The molecule has 0 fully saturated rings. The van der Waals surface area contributed by atoms with Gasteiger partial charge >= 0.3 is 6.18 Å². The van der Waals surface area contributed by atoms with Crippen molar-refractivity contribution in [3.05, 3.63) is 27.5 Å². The number of hydrogen-bond acceptors (Lipinski definition) is 1. The zero-order chi connectivity index (χ0) is 11.8. The molecule has 0 aliphatic carbocycles. The van der Waals surface area contributed by atoms with Crippen LogP contribution in [0.1, 0.15) is 23.4 Å². The average molecular weight is 290 g/mol. The van der Waals surface area contributed by atoms with Crippen LogP contribution >= 0.6 is 15.9 Å². The van der Waals surface area contributed by atoms with Crippen molar-refractivity contribution in [1.29, 1.82) is 0 Å². The monoisotopic (exact) mass is 289 g/mol. The lowest BCUT2D eigenvalue weighted by Crippen LogP contribution is -2.10. The first-order valence-electron chi connectivity index (χ1n) is 3.76. The van der Waals surface area contributed by atoms with E-state index in [0.29, 0.717) is 0 Å². The van der Waals surface area contributed by atoms with Crippen LogP contribution in [0.4, 0.5) is 22.0 Å². The highest BCUT2D eigenvalue weighted by atomic mass is 79.9. The van der Waals surface area contributed by atoms with E-state index in [2.05, 4.69) is 20.9 Å². The summed E-state index contributed by atoms with van der Waals surface area (Å²) in [5.41, 5.74) is -2.12. The van der Waals surface area contributed by atoms with Crippen LogP contribution in [0.25, 0.3) is 0 Å². The summed E-state index contributed by atoms with van der Waals surface area (Å²) in [4.78, 5) is 3.35. The molecule has 15 heavy (non-hydrogen) atoms. The van der Waals surface area contributed by atoms with Crippen LogP contribution in [-0.2, 0) is 6.18 Å². The number of pyridine rings is 1. The molecule has 84 valence electrons. The molecule has 0 saturated carbocycles. The number of aryl methyl sites for hydroxylation is 1. The molecule has 0 atom stereocenters. The fourth-order valence-electron chi connectivity index (χ4n) is 1.03. The van der Waals surface area contributed by atoms with Crippen LogP contribution in [0.2, 0.25) is 0 Å². The maximum Gasteiger partial charge on any atom is 0.417 e. The van der Waals surface area contributed by atoms with E-state index in [1.165, 1.54) is 6.92 Å². The highest BCUT2D eigenvalue weighted by Gasteiger charge is 2.35. The summed E-state index contributed by atoms with van der Waals surface area (Å²) in [5, 5.41) is 0. The molecule has 1 aromatic heterocycles. The first-order chi connectivity index (χ1) is 6.73. The summed E-state index contributed by atoms with van der Waals surface area (Å²) < 4.78 is 61.0. The third kappa shape index (κ3) is 2.64. The van der Waals surface area contributed by atoms with Gasteiger partial charge in [0.05, 0.1) is 10.0 Å². The van der Waals surface area contributed by atoms with Gasteiger partial charge in [0.25, 0.3) is 6.43 Å². The van der Waals surface area contributed by atoms with Gasteiger partial charge < -0.3 is 0 Å². The second-order valence-corrected chi connectivity index (χ2v) is 3.60. The lowest BCUT2D eigenvalue weighted by atomic mass is 10.2. The Morgan fingerprint density at radius 2 is 1.87 bits per heavy atom. The van der Waals surface area contributed by atoms with E-state index in [9.17, 15) is 22.0 Å². The van der Waals surface area contributed by atoms with Gasteiger partial charge in [-0.1, -0.05) is 0 Å². The molecule has 0 unspecified atom stereocenters. The molecule has 0 bridgehead atoms. The van der Waals surface area contributed by atoms with E-state index < -0.39 is 28.3 Å². The second-order valence-electron chi connectivity index (χ2n) is 2.81. The topological polar surface area (TPSA) is 12.9 Å². The van der Waals surface area contributed by atoms with Crippen LogP contribution in [-0.4, -0.2) is 4.98 Å². The summed E-state index contributed by atoms with van der Waals surface area (Å²) in [6.45, 7) is 1.23. The number of rotatable bonds is 1. The highest BCUT2D eigenvalue weighted by Crippen LogP contribution is 2.38. The molecule has 0 saturated heterocycles. The Morgan fingerprint density at radius 3 is 2.27 bits per heavy atom. The van der Waals surface area contributed by atoms with Crippen molar-refractivity contribution < 1.29 is 22.0 Å². The molecular weight excluding hydrogens is 285 g/mol. The number of aromatic nitrogens is 1. The van der Waals surface area contributed by atoms with E-state index >= 15 is 0 Å². The van der Waals surface area contributed by atoms with E-state index in [1.807, 2.05) is 0 Å². The largest absolute Gasteiger partial charge is 0.417 e. The van der Waals surface area contributed by atoms with Gasteiger partial charge in [-0.2, -0.15) is 13.2 Å². The summed E-state index contributed by atoms with van der Waals surface area (Å²) in [7, 11) is 0. The van der Waals surface area contributed by atoms with Crippen molar-refractivity contribution in [1.82, 2.24) is 4.98 Å². The van der Waals surface area contributed by atoms with Crippen molar-refractivity contribution in [2.75, 3.05) is 0 Å². The van der Waals surface area contributed by atoms with Gasteiger partial charge in [-0.15, -0.1) is 0 Å². The molecule has 0 amide bonds. The Labute approximate surface area is 90.4 Å². The Kier molecular flexibility index (Phi) is 3.32. The maximum atomic E-state index is 12.4. The minimum absolute atomic E-state index is 0.0965. The van der Waals surface area contributed by atoms with Crippen molar-refractivity contribution >= 4 is 15.9 Å². The van der Waals surface area contributed by atoms with E-state index in [4.69, 9.17) is 0 Å². The van der Waals surface area contributed by atoms with Crippen molar-refractivity contribution in [3.8, 4) is 0 Å². The van der Waals surface area contributed by atoms with Crippen molar-refractivity contribution in [2.24, 2.45) is 0 Å². The third-order valence-electron chi connectivity index (χ3n) is 1.62. The summed E-state index contributed by atoms with van der Waals surface area (Å²) in [6.07, 6.45) is -7.71. The Bertz CT molecular complexity index is 374. The van der Waals surface area contributed by atoms with E-state index in [0.717, 1.165) is 6.07 Å². The number of alkyl halides is 5. The standard InChI is InChI=1S/C8H5BrF5N/c1-3-2-4(8(12,13)14)5(9)6(15-3)7(10)11/h2,7H,1H3. The van der Waals surface area contributed by atoms with Crippen LogP contribution in [0.15, 0.2) is 10.5 Å². The molecular formula is C8H5BrF5N.